The molecule has 2 bridgehead atoms. The zero-order chi connectivity index (χ0) is 11.6. The zero-order valence-electron chi connectivity index (χ0n) is 10.7. The van der Waals surface area contributed by atoms with Crippen LogP contribution in [0.3, 0.4) is 0 Å². The minimum Gasteiger partial charge on any atom is -0.167 e. The van der Waals surface area contributed by atoms with Crippen molar-refractivity contribution < 1.29 is 0 Å². The van der Waals surface area contributed by atoms with E-state index in [0.717, 1.165) is 17.8 Å². The Morgan fingerprint density at radius 1 is 1.12 bits per heavy atom. The average molecular weight is 257 g/mol. The third-order valence-electron chi connectivity index (χ3n) is 4.44. The highest BCUT2D eigenvalue weighted by Gasteiger charge is 2.41. The quantitative estimate of drug-likeness (QED) is 0.348. The largest absolute Gasteiger partial charge is 0.167 e. The average Bonchev–Trinajstić information content (AvgIpc) is 2.79. The van der Waals surface area contributed by atoms with E-state index in [1.165, 1.54) is 43.8 Å². The summed E-state index contributed by atoms with van der Waals surface area (Å²) in [7, 11) is -1.41. The summed E-state index contributed by atoms with van der Waals surface area (Å²) < 4.78 is 0. The van der Waals surface area contributed by atoms with Gasteiger partial charge in [0.15, 0.2) is 7.38 Å². The Morgan fingerprint density at radius 2 is 1.81 bits per heavy atom. The number of hydrogen-bond donors (Lipinski definition) is 0. The van der Waals surface area contributed by atoms with Crippen molar-refractivity contribution in [2.24, 2.45) is 17.8 Å². The minimum absolute atomic E-state index is 0.893. The van der Waals surface area contributed by atoms with Gasteiger partial charge in [-0.15, -0.1) is 0 Å². The van der Waals surface area contributed by atoms with Crippen LogP contribution in [0.4, 0.5) is 0 Å². The molecule has 0 spiro atoms. The molecule has 0 nitrogen and oxygen atoms in total. The molecule has 2 rings (SSSR count). The number of rotatable bonds is 6. The first-order valence-corrected chi connectivity index (χ1v) is 10.7. The Kier molecular flexibility index (Phi) is 4.18. The highest BCUT2D eigenvalue weighted by molar-refractivity contribution is 7.20. The van der Waals surface area contributed by atoms with Gasteiger partial charge in [0.25, 0.3) is 0 Å². The molecule has 3 unspecified atom stereocenters. The summed E-state index contributed by atoms with van der Waals surface area (Å²) in [6, 6.07) is 4.06. The van der Waals surface area contributed by atoms with E-state index in [1.54, 1.807) is 0 Å². The van der Waals surface area contributed by atoms with Gasteiger partial charge in [0, 0.05) is 0 Å². The molecule has 0 N–H and O–H groups in total. The lowest BCUT2D eigenvalue weighted by Gasteiger charge is -2.29. The molecule has 3 atom stereocenters. The first kappa shape index (κ1) is 12.7. The second kappa shape index (κ2) is 5.26. The molecule has 0 aromatic carbocycles. The molecule has 92 valence electrons. The summed E-state index contributed by atoms with van der Waals surface area (Å²) in [4.78, 5) is 0. The molecule has 16 heavy (non-hydrogen) atoms. The molecule has 0 amide bonds. The van der Waals surface area contributed by atoms with E-state index in [1.807, 2.05) is 0 Å². The zero-order valence-corrected chi connectivity index (χ0v) is 12.5. The molecule has 0 aromatic rings. The molecule has 0 aromatic heterocycles. The molecule has 2 aliphatic rings. The second-order valence-corrected chi connectivity index (χ2v) is 12.0. The summed E-state index contributed by atoms with van der Waals surface area (Å²) in [5, 5.41) is 0. The highest BCUT2D eigenvalue weighted by Crippen LogP contribution is 2.48. The monoisotopic (exact) mass is 256 g/mol. The SMILES string of the molecule is CCC[Si](Cl)(CCC)CC1CC2C=CC1C2. The second-order valence-electron chi connectivity index (χ2n) is 5.90. The van der Waals surface area contributed by atoms with Gasteiger partial charge in [-0.1, -0.05) is 38.8 Å². The summed E-state index contributed by atoms with van der Waals surface area (Å²) in [5.41, 5.74) is 0. The van der Waals surface area contributed by atoms with Crippen molar-refractivity contribution in [3.8, 4) is 0 Å². The van der Waals surface area contributed by atoms with E-state index >= 15 is 0 Å². The highest BCUT2D eigenvalue weighted by atomic mass is 35.6. The third-order valence-corrected chi connectivity index (χ3v) is 10.1. The van der Waals surface area contributed by atoms with Crippen molar-refractivity contribution in [1.82, 2.24) is 0 Å². The number of fused-ring (bicyclic) bond motifs is 2. The van der Waals surface area contributed by atoms with Gasteiger partial charge in [-0.25, -0.2) is 0 Å². The number of hydrogen-bond acceptors (Lipinski definition) is 0. The Hall–Kier alpha value is 0.247. The van der Waals surface area contributed by atoms with E-state index < -0.39 is 7.38 Å². The van der Waals surface area contributed by atoms with Gasteiger partial charge in [-0.2, -0.15) is 11.1 Å². The van der Waals surface area contributed by atoms with Gasteiger partial charge in [0.05, 0.1) is 0 Å². The fraction of sp³-hybridized carbons (Fsp3) is 0.857. The van der Waals surface area contributed by atoms with E-state index in [-0.39, 0.29) is 0 Å². The van der Waals surface area contributed by atoms with E-state index in [2.05, 4.69) is 26.0 Å². The van der Waals surface area contributed by atoms with Crippen LogP contribution < -0.4 is 0 Å². The van der Waals surface area contributed by atoms with Crippen LogP contribution in [-0.2, 0) is 0 Å². The van der Waals surface area contributed by atoms with Gasteiger partial charge in [0.1, 0.15) is 0 Å². The van der Waals surface area contributed by atoms with E-state index in [4.69, 9.17) is 11.1 Å². The van der Waals surface area contributed by atoms with Gasteiger partial charge < -0.3 is 0 Å². The molecule has 0 saturated heterocycles. The maximum atomic E-state index is 6.97. The fourth-order valence-corrected chi connectivity index (χ4v) is 9.41. The van der Waals surface area contributed by atoms with Crippen LogP contribution in [0.5, 0.6) is 0 Å². The Labute approximate surface area is 106 Å². The standard InChI is InChI=1S/C14H25ClSi/c1-3-7-16(15,8-4-2)11-14-10-12-5-6-13(14)9-12/h5-6,12-14H,3-4,7-11H2,1-2H3. The van der Waals surface area contributed by atoms with Crippen LogP contribution in [0.15, 0.2) is 12.2 Å². The van der Waals surface area contributed by atoms with Gasteiger partial charge in [0.2, 0.25) is 0 Å². The molecular weight excluding hydrogens is 232 g/mol. The van der Waals surface area contributed by atoms with Crippen molar-refractivity contribution >= 4 is 18.5 Å². The maximum absolute atomic E-state index is 6.97. The lowest BCUT2D eigenvalue weighted by molar-refractivity contribution is 0.486. The molecule has 2 heteroatoms. The van der Waals surface area contributed by atoms with Gasteiger partial charge in [-0.3, -0.25) is 0 Å². The Bertz CT molecular complexity index is 255. The van der Waals surface area contributed by atoms with Crippen molar-refractivity contribution in [2.75, 3.05) is 0 Å². The van der Waals surface area contributed by atoms with E-state index in [0.29, 0.717) is 0 Å². The van der Waals surface area contributed by atoms with Gasteiger partial charge >= 0.3 is 0 Å². The molecule has 1 saturated carbocycles. The normalized spacial score (nSPS) is 32.6. The Morgan fingerprint density at radius 3 is 2.25 bits per heavy atom. The summed E-state index contributed by atoms with van der Waals surface area (Å²) in [5.74, 6) is 2.75. The predicted octanol–water partition coefficient (Wildman–Crippen LogP) is 5.20. The van der Waals surface area contributed by atoms with Crippen LogP contribution >= 0.6 is 11.1 Å². The minimum atomic E-state index is -1.41. The Balaban J connectivity index is 1.93. The molecular formula is C14H25ClSi. The molecule has 1 fully saturated rings. The van der Waals surface area contributed by atoms with Crippen molar-refractivity contribution in [3.63, 3.8) is 0 Å². The molecule has 0 heterocycles. The lowest BCUT2D eigenvalue weighted by atomic mass is 9.96. The van der Waals surface area contributed by atoms with Crippen LogP contribution in [0.25, 0.3) is 0 Å². The summed E-state index contributed by atoms with van der Waals surface area (Å²) in [6.07, 6.45) is 10.4. The lowest BCUT2D eigenvalue weighted by Crippen LogP contribution is -2.30. The van der Waals surface area contributed by atoms with Gasteiger partial charge in [-0.05, 0) is 48.7 Å². The van der Waals surface area contributed by atoms with Crippen LogP contribution in [0.2, 0.25) is 18.1 Å². The van der Waals surface area contributed by atoms with Crippen LogP contribution in [-0.4, -0.2) is 7.38 Å². The fourth-order valence-electron chi connectivity index (χ4n) is 3.82. The molecule has 2 aliphatic carbocycles. The predicted molar refractivity (Wildman–Crippen MR) is 75.5 cm³/mol. The molecule has 0 aliphatic heterocycles. The van der Waals surface area contributed by atoms with Crippen molar-refractivity contribution in [3.05, 3.63) is 12.2 Å². The van der Waals surface area contributed by atoms with Crippen LogP contribution in [0.1, 0.15) is 39.5 Å². The maximum Gasteiger partial charge on any atom is 0.156 e. The van der Waals surface area contributed by atoms with Crippen molar-refractivity contribution in [1.29, 1.82) is 0 Å². The topological polar surface area (TPSA) is 0 Å². The number of halogens is 1. The van der Waals surface area contributed by atoms with E-state index in [9.17, 15) is 0 Å². The first-order chi connectivity index (χ1) is 7.67. The summed E-state index contributed by atoms with van der Waals surface area (Å²) in [6.45, 7) is 4.58. The third kappa shape index (κ3) is 2.73. The smallest absolute Gasteiger partial charge is 0.156 e. The molecule has 0 radical (unpaired) electrons. The first-order valence-electron chi connectivity index (χ1n) is 7.04. The van der Waals surface area contributed by atoms with Crippen molar-refractivity contribution in [2.45, 2.75) is 57.7 Å². The van der Waals surface area contributed by atoms with Crippen LogP contribution in [0, 0.1) is 17.8 Å². The number of allylic oxidation sites excluding steroid dienone is 2. The summed E-state index contributed by atoms with van der Waals surface area (Å²) >= 11 is 6.97.